The second kappa shape index (κ2) is 8.31. The first-order valence-electron chi connectivity index (χ1n) is 8.58. The van der Waals surface area contributed by atoms with Gasteiger partial charge in [0.15, 0.2) is 5.16 Å². The molecular formula is C19H14F6N2O2S. The van der Waals surface area contributed by atoms with Crippen LogP contribution in [0.4, 0.5) is 26.3 Å². The van der Waals surface area contributed by atoms with E-state index in [0.29, 0.717) is 22.8 Å². The molecule has 2 aromatic carbocycles. The first-order chi connectivity index (χ1) is 14.0. The number of halogens is 6. The number of aliphatic hydroxyl groups excluding tert-OH is 1. The van der Waals surface area contributed by atoms with E-state index >= 15 is 0 Å². The Morgan fingerprint density at radius 2 is 1.70 bits per heavy atom. The maximum Gasteiger partial charge on any atom is 0.418 e. The largest absolute Gasteiger partial charge is 0.418 e. The summed E-state index contributed by atoms with van der Waals surface area (Å²) in [4.78, 5) is 17.2. The number of hydrogen-bond acceptors (Lipinski definition) is 4. The highest BCUT2D eigenvalue weighted by atomic mass is 32.2. The number of aliphatic hydroxyl groups is 1. The van der Waals surface area contributed by atoms with Crippen molar-refractivity contribution in [1.82, 2.24) is 9.55 Å². The van der Waals surface area contributed by atoms with Crippen molar-refractivity contribution in [1.29, 1.82) is 0 Å². The highest BCUT2D eigenvalue weighted by Gasteiger charge is 2.38. The van der Waals surface area contributed by atoms with Crippen LogP contribution in [-0.2, 0) is 12.4 Å². The van der Waals surface area contributed by atoms with E-state index in [-0.39, 0.29) is 34.8 Å². The molecule has 3 rings (SSSR count). The summed E-state index contributed by atoms with van der Waals surface area (Å²) in [7, 11) is 0. The van der Waals surface area contributed by atoms with Crippen LogP contribution in [0.2, 0.25) is 0 Å². The predicted molar refractivity (Wildman–Crippen MR) is 99.8 cm³/mol. The van der Waals surface area contributed by atoms with Crippen molar-refractivity contribution >= 4 is 22.7 Å². The van der Waals surface area contributed by atoms with E-state index in [2.05, 4.69) is 4.98 Å². The van der Waals surface area contributed by atoms with Gasteiger partial charge in [0.05, 0.1) is 27.7 Å². The molecule has 0 spiro atoms. The van der Waals surface area contributed by atoms with Crippen molar-refractivity contribution in [3.8, 4) is 5.69 Å². The van der Waals surface area contributed by atoms with Crippen molar-refractivity contribution in [3.05, 3.63) is 63.9 Å². The molecule has 160 valence electrons. The predicted octanol–water partition coefficient (Wildman–Crippen LogP) is 4.90. The second-order valence-electron chi connectivity index (χ2n) is 6.21. The van der Waals surface area contributed by atoms with E-state index in [1.54, 1.807) is 6.07 Å². The van der Waals surface area contributed by atoms with Crippen LogP contribution >= 0.6 is 11.8 Å². The standard InChI is InChI=1S/C19H14F6N2O2S/c20-18(21,22)11-6-7-13(19(23,24)25)15(10-11)27-16(29)12-4-1-2-5-14(12)26-17(27)30-9-3-8-28/h1-2,4-7,10,28H,3,8-9H2. The minimum absolute atomic E-state index is 0.0328. The zero-order valence-electron chi connectivity index (χ0n) is 15.1. The highest BCUT2D eigenvalue weighted by molar-refractivity contribution is 7.99. The normalized spacial score (nSPS) is 12.5. The van der Waals surface area contributed by atoms with Crippen LogP contribution in [0.3, 0.4) is 0 Å². The molecule has 0 bridgehead atoms. The molecule has 0 aliphatic rings. The number of hydrogen-bond donors (Lipinski definition) is 1. The zero-order chi connectivity index (χ0) is 22.1. The van der Waals surface area contributed by atoms with E-state index < -0.39 is 34.7 Å². The van der Waals surface area contributed by atoms with Crippen LogP contribution in [0, 0.1) is 0 Å². The molecule has 1 heterocycles. The first kappa shape index (κ1) is 22.2. The lowest BCUT2D eigenvalue weighted by molar-refractivity contribution is -0.141. The van der Waals surface area contributed by atoms with E-state index in [1.807, 2.05) is 0 Å². The summed E-state index contributed by atoms with van der Waals surface area (Å²) in [5.41, 5.74) is -4.38. The summed E-state index contributed by atoms with van der Waals surface area (Å²) in [5.74, 6) is 0.196. The maximum absolute atomic E-state index is 13.6. The average Bonchev–Trinajstić information content (AvgIpc) is 2.66. The van der Waals surface area contributed by atoms with Gasteiger partial charge in [-0.25, -0.2) is 4.98 Å². The van der Waals surface area contributed by atoms with Crippen LogP contribution in [0.15, 0.2) is 52.4 Å². The Balaban J connectivity index is 2.37. The van der Waals surface area contributed by atoms with Gasteiger partial charge in [0.25, 0.3) is 5.56 Å². The Labute approximate surface area is 170 Å². The Bertz CT molecular complexity index is 1120. The topological polar surface area (TPSA) is 55.1 Å². The van der Waals surface area contributed by atoms with Crippen LogP contribution in [0.5, 0.6) is 0 Å². The molecule has 0 atom stereocenters. The SMILES string of the molecule is O=c1c2ccccc2nc(SCCCO)n1-c1cc(C(F)(F)F)ccc1C(F)(F)F. The van der Waals surface area contributed by atoms with E-state index in [9.17, 15) is 31.1 Å². The lowest BCUT2D eigenvalue weighted by Gasteiger charge is -2.19. The summed E-state index contributed by atoms with van der Waals surface area (Å²) in [6.07, 6.45) is -9.66. The van der Waals surface area contributed by atoms with Crippen LogP contribution < -0.4 is 5.56 Å². The first-order valence-corrected chi connectivity index (χ1v) is 9.57. The lowest BCUT2D eigenvalue weighted by Crippen LogP contribution is -2.25. The van der Waals surface area contributed by atoms with Crippen LogP contribution in [0.1, 0.15) is 17.5 Å². The summed E-state index contributed by atoms with van der Waals surface area (Å²) in [6.45, 7) is -0.206. The Hall–Kier alpha value is -2.53. The molecule has 0 amide bonds. The number of fused-ring (bicyclic) bond motifs is 1. The molecule has 1 N–H and O–H groups in total. The maximum atomic E-state index is 13.6. The number of thioether (sulfide) groups is 1. The van der Waals surface area contributed by atoms with Crippen molar-refractivity contribution in [2.75, 3.05) is 12.4 Å². The van der Waals surface area contributed by atoms with Gasteiger partial charge in [0.2, 0.25) is 0 Å². The third kappa shape index (κ3) is 4.46. The molecule has 0 saturated carbocycles. The summed E-state index contributed by atoms with van der Waals surface area (Å²) in [6, 6.07) is 6.80. The Kier molecular flexibility index (Phi) is 6.14. The smallest absolute Gasteiger partial charge is 0.396 e. The molecule has 0 aliphatic heterocycles. The van der Waals surface area contributed by atoms with Gasteiger partial charge < -0.3 is 5.11 Å². The van der Waals surface area contributed by atoms with Crippen LogP contribution in [0.25, 0.3) is 16.6 Å². The summed E-state index contributed by atoms with van der Waals surface area (Å²) < 4.78 is 80.9. The number of aromatic nitrogens is 2. The van der Waals surface area contributed by atoms with Crippen molar-refractivity contribution in [2.45, 2.75) is 23.9 Å². The molecule has 0 radical (unpaired) electrons. The molecule has 0 fully saturated rings. The minimum atomic E-state index is -5.00. The fraction of sp³-hybridized carbons (Fsp3) is 0.263. The van der Waals surface area contributed by atoms with Gasteiger partial charge >= 0.3 is 12.4 Å². The molecule has 3 aromatic rings. The van der Waals surface area contributed by atoms with Crippen molar-refractivity contribution in [2.24, 2.45) is 0 Å². The average molecular weight is 448 g/mol. The molecule has 4 nitrogen and oxygen atoms in total. The number of alkyl halides is 6. The summed E-state index contributed by atoms with van der Waals surface area (Å²) >= 11 is 0.871. The van der Waals surface area contributed by atoms with Gasteiger partial charge in [-0.05, 0) is 36.8 Å². The summed E-state index contributed by atoms with van der Waals surface area (Å²) in [5, 5.41) is 8.73. The zero-order valence-corrected chi connectivity index (χ0v) is 15.9. The monoisotopic (exact) mass is 448 g/mol. The Morgan fingerprint density at radius 1 is 1.00 bits per heavy atom. The fourth-order valence-electron chi connectivity index (χ4n) is 2.78. The molecule has 30 heavy (non-hydrogen) atoms. The second-order valence-corrected chi connectivity index (χ2v) is 7.27. The lowest BCUT2D eigenvalue weighted by atomic mass is 10.1. The van der Waals surface area contributed by atoms with Gasteiger partial charge in [0.1, 0.15) is 0 Å². The van der Waals surface area contributed by atoms with Gasteiger partial charge in [0, 0.05) is 12.4 Å². The quantitative estimate of drug-likeness (QED) is 0.261. The molecule has 11 heteroatoms. The van der Waals surface area contributed by atoms with Gasteiger partial charge in [-0.2, -0.15) is 26.3 Å². The molecule has 0 saturated heterocycles. The third-order valence-corrected chi connectivity index (χ3v) is 5.17. The fourth-order valence-corrected chi connectivity index (χ4v) is 3.71. The number of para-hydroxylation sites is 1. The van der Waals surface area contributed by atoms with Crippen molar-refractivity contribution in [3.63, 3.8) is 0 Å². The van der Waals surface area contributed by atoms with Crippen LogP contribution in [-0.4, -0.2) is 27.0 Å². The third-order valence-electron chi connectivity index (χ3n) is 4.15. The number of rotatable bonds is 5. The number of nitrogens with zero attached hydrogens (tertiary/aromatic N) is 2. The van der Waals surface area contributed by atoms with Gasteiger partial charge in [-0.1, -0.05) is 23.9 Å². The highest BCUT2D eigenvalue weighted by Crippen LogP contribution is 2.38. The molecular weight excluding hydrogens is 434 g/mol. The van der Waals surface area contributed by atoms with E-state index in [4.69, 9.17) is 5.11 Å². The van der Waals surface area contributed by atoms with Gasteiger partial charge in [-0.3, -0.25) is 9.36 Å². The molecule has 0 unspecified atom stereocenters. The van der Waals surface area contributed by atoms with Gasteiger partial charge in [-0.15, -0.1) is 0 Å². The van der Waals surface area contributed by atoms with Crippen molar-refractivity contribution < 1.29 is 31.4 Å². The number of benzene rings is 2. The minimum Gasteiger partial charge on any atom is -0.396 e. The molecule has 0 aliphatic carbocycles. The van der Waals surface area contributed by atoms with E-state index in [1.165, 1.54) is 18.2 Å². The Morgan fingerprint density at radius 3 is 2.33 bits per heavy atom. The molecule has 1 aromatic heterocycles. The van der Waals surface area contributed by atoms with E-state index in [0.717, 1.165) is 11.8 Å².